The van der Waals surface area contributed by atoms with Gasteiger partial charge in [-0.25, -0.2) is 14.8 Å². The molecule has 3 rings (SSSR count). The lowest BCUT2D eigenvalue weighted by Gasteiger charge is -2.37. The van der Waals surface area contributed by atoms with Crippen LogP contribution in [0.2, 0.25) is 5.02 Å². The summed E-state index contributed by atoms with van der Waals surface area (Å²) in [5, 5.41) is 3.51. The molecule has 7 heteroatoms. The number of aryl methyl sites for hydroxylation is 1. The molecule has 25 heavy (non-hydrogen) atoms. The average molecular weight is 360 g/mol. The first-order valence-corrected chi connectivity index (χ1v) is 8.73. The molecule has 1 aliphatic heterocycles. The van der Waals surface area contributed by atoms with Crippen LogP contribution in [0.1, 0.15) is 18.5 Å². The zero-order chi connectivity index (χ0) is 17.8. The molecule has 1 aromatic carbocycles. The summed E-state index contributed by atoms with van der Waals surface area (Å²) in [5.41, 5.74) is 1.67. The van der Waals surface area contributed by atoms with Crippen molar-refractivity contribution in [2.24, 2.45) is 0 Å². The van der Waals surface area contributed by atoms with Gasteiger partial charge in [-0.05, 0) is 38.0 Å². The van der Waals surface area contributed by atoms with Gasteiger partial charge in [0.2, 0.25) is 0 Å². The van der Waals surface area contributed by atoms with E-state index in [-0.39, 0.29) is 6.03 Å². The normalized spacial score (nSPS) is 15.1. The number of amides is 2. The number of benzene rings is 1. The van der Waals surface area contributed by atoms with Crippen LogP contribution in [-0.4, -0.2) is 47.1 Å². The molecule has 1 aromatic heterocycles. The number of anilines is 2. The Morgan fingerprint density at radius 1 is 1.28 bits per heavy atom. The van der Waals surface area contributed by atoms with Gasteiger partial charge >= 0.3 is 6.03 Å². The Hall–Kier alpha value is -2.34. The predicted octanol–water partition coefficient (Wildman–Crippen LogP) is 3.57. The number of rotatable bonds is 3. The highest BCUT2D eigenvalue weighted by atomic mass is 35.5. The quantitative estimate of drug-likeness (QED) is 0.910. The summed E-state index contributed by atoms with van der Waals surface area (Å²) in [7, 11) is 2.05. The molecular formula is C18H22ClN5O. The van der Waals surface area contributed by atoms with E-state index in [1.807, 2.05) is 37.1 Å². The number of hydrogen-bond acceptors (Lipinski definition) is 4. The van der Waals surface area contributed by atoms with E-state index in [4.69, 9.17) is 11.6 Å². The number of carbonyl (C=O) groups is 1. The Kier molecular flexibility index (Phi) is 5.38. The van der Waals surface area contributed by atoms with Crippen LogP contribution in [-0.2, 0) is 0 Å². The molecule has 0 aliphatic carbocycles. The maximum absolute atomic E-state index is 12.4. The molecule has 2 aromatic rings. The number of urea groups is 1. The average Bonchev–Trinajstić information content (AvgIpc) is 2.61. The lowest BCUT2D eigenvalue weighted by atomic mass is 10.0. The Labute approximate surface area is 152 Å². The molecular weight excluding hydrogens is 338 g/mol. The Morgan fingerprint density at radius 3 is 2.72 bits per heavy atom. The molecule has 0 atom stereocenters. The number of aromatic nitrogens is 2. The van der Waals surface area contributed by atoms with Gasteiger partial charge in [-0.15, -0.1) is 0 Å². The van der Waals surface area contributed by atoms with E-state index in [0.717, 1.165) is 24.4 Å². The first-order chi connectivity index (χ1) is 12.0. The maximum atomic E-state index is 12.4. The number of piperidine rings is 1. The van der Waals surface area contributed by atoms with Crippen LogP contribution in [0, 0.1) is 6.92 Å². The number of carbonyl (C=O) groups excluding carboxylic acids is 1. The van der Waals surface area contributed by atoms with Gasteiger partial charge in [-0.3, -0.25) is 0 Å². The van der Waals surface area contributed by atoms with Crippen molar-refractivity contribution in [2.75, 3.05) is 30.4 Å². The lowest BCUT2D eigenvalue weighted by molar-refractivity contribution is 0.194. The smallest absolute Gasteiger partial charge is 0.321 e. The summed E-state index contributed by atoms with van der Waals surface area (Å²) in [4.78, 5) is 24.9. The van der Waals surface area contributed by atoms with E-state index in [9.17, 15) is 4.79 Å². The minimum absolute atomic E-state index is 0.0822. The molecule has 0 unspecified atom stereocenters. The molecule has 1 N–H and O–H groups in total. The third-order valence-electron chi connectivity index (χ3n) is 4.53. The van der Waals surface area contributed by atoms with Crippen molar-refractivity contribution in [1.29, 1.82) is 0 Å². The lowest BCUT2D eigenvalue weighted by Crippen LogP contribution is -2.47. The van der Waals surface area contributed by atoms with Gasteiger partial charge in [-0.1, -0.05) is 17.7 Å². The van der Waals surface area contributed by atoms with E-state index >= 15 is 0 Å². The first kappa shape index (κ1) is 17.5. The number of likely N-dealkylation sites (tertiary alicyclic amines) is 1. The standard InChI is InChI=1S/C18H22ClN5O/c1-13-10-17(21-12-20-13)23(2)16-6-8-24(9-7-16)18(25)22-15-5-3-4-14(19)11-15/h3-5,10-12,16H,6-9H2,1-2H3,(H,22,25). The van der Waals surface area contributed by atoms with Gasteiger partial charge in [0.05, 0.1) is 0 Å². The van der Waals surface area contributed by atoms with Gasteiger partial charge in [-0.2, -0.15) is 0 Å². The zero-order valence-corrected chi connectivity index (χ0v) is 15.2. The molecule has 2 heterocycles. The van der Waals surface area contributed by atoms with Gasteiger partial charge in [0.15, 0.2) is 0 Å². The van der Waals surface area contributed by atoms with Crippen molar-refractivity contribution >= 4 is 29.1 Å². The predicted molar refractivity (Wildman–Crippen MR) is 100 cm³/mol. The topological polar surface area (TPSA) is 61.4 Å². The fraction of sp³-hybridized carbons (Fsp3) is 0.389. The molecule has 1 aliphatic rings. The number of nitrogens with one attached hydrogen (secondary N) is 1. The zero-order valence-electron chi connectivity index (χ0n) is 14.4. The fourth-order valence-electron chi connectivity index (χ4n) is 3.05. The summed E-state index contributed by atoms with van der Waals surface area (Å²) < 4.78 is 0. The van der Waals surface area contributed by atoms with Crippen molar-refractivity contribution in [1.82, 2.24) is 14.9 Å². The summed E-state index contributed by atoms with van der Waals surface area (Å²) in [6.07, 6.45) is 3.40. The van der Waals surface area contributed by atoms with Crippen LogP contribution in [0.15, 0.2) is 36.7 Å². The van der Waals surface area contributed by atoms with E-state index in [1.54, 1.807) is 18.5 Å². The maximum Gasteiger partial charge on any atom is 0.321 e. The second kappa shape index (κ2) is 7.70. The minimum atomic E-state index is -0.0822. The Balaban J connectivity index is 1.55. The minimum Gasteiger partial charge on any atom is -0.356 e. The van der Waals surface area contributed by atoms with Crippen LogP contribution in [0.4, 0.5) is 16.3 Å². The first-order valence-electron chi connectivity index (χ1n) is 8.36. The van der Waals surface area contributed by atoms with Gasteiger partial charge in [0.25, 0.3) is 0 Å². The Bertz CT molecular complexity index is 746. The second-order valence-electron chi connectivity index (χ2n) is 6.29. The number of hydrogen-bond donors (Lipinski definition) is 1. The molecule has 0 bridgehead atoms. The van der Waals surface area contributed by atoms with Crippen molar-refractivity contribution in [3.63, 3.8) is 0 Å². The molecule has 2 amide bonds. The van der Waals surface area contributed by atoms with Gasteiger partial charge in [0.1, 0.15) is 12.1 Å². The van der Waals surface area contributed by atoms with E-state index in [2.05, 4.69) is 20.2 Å². The van der Waals surface area contributed by atoms with Gasteiger partial charge < -0.3 is 15.1 Å². The van der Waals surface area contributed by atoms with E-state index in [1.165, 1.54) is 0 Å². The molecule has 1 saturated heterocycles. The molecule has 0 saturated carbocycles. The van der Waals surface area contributed by atoms with Crippen molar-refractivity contribution in [2.45, 2.75) is 25.8 Å². The van der Waals surface area contributed by atoms with Crippen LogP contribution < -0.4 is 10.2 Å². The summed E-state index contributed by atoms with van der Waals surface area (Å²) in [5.74, 6) is 0.925. The van der Waals surface area contributed by atoms with Crippen molar-refractivity contribution in [3.05, 3.63) is 47.4 Å². The molecule has 0 radical (unpaired) electrons. The van der Waals surface area contributed by atoms with Crippen molar-refractivity contribution < 1.29 is 4.79 Å². The van der Waals surface area contributed by atoms with Gasteiger partial charge in [0, 0.05) is 48.6 Å². The SMILES string of the molecule is Cc1cc(N(C)C2CCN(C(=O)Nc3cccc(Cl)c3)CC2)ncn1. The van der Waals surface area contributed by atoms with Crippen molar-refractivity contribution in [3.8, 4) is 0 Å². The molecule has 0 spiro atoms. The summed E-state index contributed by atoms with van der Waals surface area (Å²) >= 11 is 5.96. The van der Waals surface area contributed by atoms with E-state index < -0.39 is 0 Å². The second-order valence-corrected chi connectivity index (χ2v) is 6.72. The Morgan fingerprint density at radius 2 is 2.04 bits per heavy atom. The summed E-state index contributed by atoms with van der Waals surface area (Å²) in [6, 6.07) is 9.46. The monoisotopic (exact) mass is 359 g/mol. The summed E-state index contributed by atoms with van der Waals surface area (Å²) in [6.45, 7) is 3.39. The van der Waals surface area contributed by atoms with Crippen LogP contribution in [0.25, 0.3) is 0 Å². The van der Waals surface area contributed by atoms with Crippen LogP contribution >= 0.6 is 11.6 Å². The molecule has 132 valence electrons. The molecule has 6 nitrogen and oxygen atoms in total. The largest absolute Gasteiger partial charge is 0.356 e. The highest BCUT2D eigenvalue weighted by Crippen LogP contribution is 2.22. The third kappa shape index (κ3) is 4.39. The number of nitrogens with zero attached hydrogens (tertiary/aromatic N) is 4. The highest BCUT2D eigenvalue weighted by Gasteiger charge is 2.26. The number of halogens is 1. The highest BCUT2D eigenvalue weighted by molar-refractivity contribution is 6.30. The molecule has 1 fully saturated rings. The fourth-order valence-corrected chi connectivity index (χ4v) is 3.24. The van der Waals surface area contributed by atoms with Crippen LogP contribution in [0.3, 0.4) is 0 Å². The van der Waals surface area contributed by atoms with Crippen LogP contribution in [0.5, 0.6) is 0 Å². The third-order valence-corrected chi connectivity index (χ3v) is 4.76. The van der Waals surface area contributed by atoms with E-state index in [0.29, 0.717) is 29.8 Å².